The minimum absolute atomic E-state index is 0. The first-order chi connectivity index (χ1) is 16.7. The van der Waals surface area contributed by atoms with Gasteiger partial charge < -0.3 is 35.0 Å². The number of amides is 1. The summed E-state index contributed by atoms with van der Waals surface area (Å²) in [6.07, 6.45) is 12.1. The minimum atomic E-state index is -0.0354. The zero-order chi connectivity index (χ0) is 23.1. The molecule has 4 aliphatic rings. The van der Waals surface area contributed by atoms with Crippen LogP contribution in [0, 0.1) is 11.8 Å². The SMILES string of the molecule is O=C([C@@H]1C[NH2+]C[C@]12CCCc1[nH+]c(Cl)sc12)N1CC[C@@H](c2ccccc2)C[C@H]1C1CCCCC1.[Cl-].[Cl-]. The number of carbonyl (C=O) groups excluding carboxylic acids is 1. The van der Waals surface area contributed by atoms with E-state index in [1.165, 1.54) is 48.2 Å². The third-order valence-electron chi connectivity index (χ3n) is 9.49. The number of halogens is 3. The highest BCUT2D eigenvalue weighted by molar-refractivity contribution is 7.15. The maximum absolute atomic E-state index is 14.5. The molecule has 2 saturated heterocycles. The van der Waals surface area contributed by atoms with E-state index in [0.29, 0.717) is 23.8 Å². The lowest BCUT2D eigenvalue weighted by molar-refractivity contribution is -0.640. The molecule has 2 aromatic rings. The highest BCUT2D eigenvalue weighted by Crippen LogP contribution is 2.48. The lowest BCUT2D eigenvalue weighted by Gasteiger charge is -2.46. The number of aromatic amines is 1. The summed E-state index contributed by atoms with van der Waals surface area (Å²) < 4.78 is 0.771. The Balaban J connectivity index is 0.00000152. The molecule has 1 saturated carbocycles. The lowest BCUT2D eigenvalue weighted by atomic mass is 9.68. The quantitative estimate of drug-likeness (QED) is 0.472. The zero-order valence-electron chi connectivity index (χ0n) is 20.9. The van der Waals surface area contributed by atoms with Gasteiger partial charge in [0.1, 0.15) is 5.92 Å². The fourth-order valence-electron chi connectivity index (χ4n) is 7.83. The second kappa shape index (κ2) is 11.9. The van der Waals surface area contributed by atoms with E-state index in [1.807, 2.05) is 0 Å². The number of aryl methyl sites for hydroxylation is 1. The Kier molecular flexibility index (Phi) is 9.31. The number of benzene rings is 1. The number of nitrogens with zero attached hydrogens (tertiary/aromatic N) is 1. The van der Waals surface area contributed by atoms with Gasteiger partial charge >= 0.3 is 4.47 Å². The number of nitrogens with one attached hydrogen (secondary N) is 1. The molecule has 2 aliphatic heterocycles. The minimum Gasteiger partial charge on any atom is -1.00 e. The van der Waals surface area contributed by atoms with Crippen LogP contribution in [0.5, 0.6) is 0 Å². The first-order valence-electron chi connectivity index (χ1n) is 13.5. The molecule has 3 N–H and O–H groups in total. The largest absolute Gasteiger partial charge is 1.00 e. The predicted octanol–water partition coefficient (Wildman–Crippen LogP) is -1.65. The maximum atomic E-state index is 14.5. The van der Waals surface area contributed by atoms with Crippen molar-refractivity contribution < 1.29 is 39.9 Å². The molecule has 1 aromatic heterocycles. The monoisotopic (exact) mass is 569 g/mol. The number of nitrogens with two attached hydrogens (primary N) is 1. The van der Waals surface area contributed by atoms with Crippen molar-refractivity contribution in [1.29, 1.82) is 0 Å². The summed E-state index contributed by atoms with van der Waals surface area (Å²) >= 11 is 8.14. The Morgan fingerprint density at radius 2 is 1.86 bits per heavy atom. The lowest BCUT2D eigenvalue weighted by Crippen LogP contribution is -3.00. The molecule has 1 spiro atoms. The fraction of sp³-hybridized carbons (Fsp3) is 0.643. The van der Waals surface area contributed by atoms with Crippen LogP contribution < -0.4 is 35.1 Å². The predicted molar refractivity (Wildman–Crippen MR) is 136 cm³/mol. The van der Waals surface area contributed by atoms with Crippen LogP contribution in [0.1, 0.15) is 79.8 Å². The van der Waals surface area contributed by atoms with Crippen LogP contribution in [0.25, 0.3) is 0 Å². The van der Waals surface area contributed by atoms with Crippen LogP contribution in [0.15, 0.2) is 30.3 Å². The summed E-state index contributed by atoms with van der Waals surface area (Å²) in [5.74, 6) is 1.76. The molecule has 6 rings (SSSR count). The van der Waals surface area contributed by atoms with E-state index in [2.05, 4.69) is 45.5 Å². The average molecular weight is 571 g/mol. The molecule has 0 radical (unpaired) electrons. The first-order valence-corrected chi connectivity index (χ1v) is 14.7. The smallest absolute Gasteiger partial charge is 0.331 e. The zero-order valence-corrected chi connectivity index (χ0v) is 23.9. The molecule has 3 fully saturated rings. The molecular formula is C28H38Cl3N3OS. The Labute approximate surface area is 236 Å². The van der Waals surface area contributed by atoms with E-state index in [1.54, 1.807) is 11.3 Å². The van der Waals surface area contributed by atoms with Crippen LogP contribution in [0.4, 0.5) is 0 Å². The van der Waals surface area contributed by atoms with Crippen molar-refractivity contribution in [1.82, 2.24) is 4.90 Å². The molecule has 198 valence electrons. The van der Waals surface area contributed by atoms with Gasteiger partial charge in [-0.3, -0.25) is 4.79 Å². The molecule has 3 heterocycles. The Morgan fingerprint density at radius 1 is 1.08 bits per heavy atom. The van der Waals surface area contributed by atoms with Crippen molar-refractivity contribution in [3.63, 3.8) is 0 Å². The molecule has 4 atom stereocenters. The topological polar surface area (TPSA) is 51.1 Å². The molecule has 0 bridgehead atoms. The standard InChI is InChI=1S/C28H36ClN3OS.2ClH/c29-27-31-23-12-7-14-28(25(23)34-27)18-30-17-22(28)26(33)32-15-13-21(19-8-3-1-4-9-19)16-24(32)20-10-5-2-6-11-20;;/h1,3-4,8-9,20-22,24,30H,2,5-7,10-18H2;2*1H/t21-,22+,24+,28-;;/m1../s1. The van der Waals surface area contributed by atoms with Gasteiger partial charge in [-0.15, -0.1) is 0 Å². The number of fused-ring (bicyclic) bond motifs is 2. The number of hydrogen-bond donors (Lipinski definition) is 1. The molecular weight excluding hydrogens is 533 g/mol. The summed E-state index contributed by atoms with van der Waals surface area (Å²) in [7, 11) is 0. The number of H-pyrrole nitrogens is 1. The number of likely N-dealkylation sites (tertiary alicyclic amines) is 1. The van der Waals surface area contributed by atoms with Gasteiger partial charge in [0.15, 0.2) is 5.69 Å². The summed E-state index contributed by atoms with van der Waals surface area (Å²) in [6.45, 7) is 2.86. The van der Waals surface area contributed by atoms with Gasteiger partial charge in [0, 0.05) is 30.6 Å². The van der Waals surface area contributed by atoms with E-state index in [9.17, 15) is 4.79 Å². The van der Waals surface area contributed by atoms with Crippen LogP contribution in [0.3, 0.4) is 0 Å². The summed E-state index contributed by atoms with van der Waals surface area (Å²) in [5, 5.41) is 2.40. The summed E-state index contributed by atoms with van der Waals surface area (Å²) in [6, 6.07) is 11.4. The third-order valence-corrected chi connectivity index (χ3v) is 10.9. The Bertz CT molecular complexity index is 1030. The molecule has 0 unspecified atom stereocenters. The van der Waals surface area contributed by atoms with Crippen molar-refractivity contribution in [3.05, 3.63) is 50.9 Å². The second-order valence-corrected chi connectivity index (χ2v) is 12.9. The van der Waals surface area contributed by atoms with E-state index < -0.39 is 0 Å². The Morgan fingerprint density at radius 3 is 2.64 bits per heavy atom. The number of aromatic nitrogens is 1. The molecule has 1 aromatic carbocycles. The van der Waals surface area contributed by atoms with Gasteiger partial charge in [-0.25, -0.2) is 0 Å². The van der Waals surface area contributed by atoms with Crippen molar-refractivity contribution in [3.8, 4) is 0 Å². The number of piperidine rings is 1. The number of quaternary nitrogens is 1. The van der Waals surface area contributed by atoms with Crippen LogP contribution in [-0.2, 0) is 16.6 Å². The first kappa shape index (κ1) is 28.2. The highest BCUT2D eigenvalue weighted by atomic mass is 35.5. The second-order valence-electron chi connectivity index (χ2n) is 11.2. The van der Waals surface area contributed by atoms with Gasteiger partial charge in [-0.1, -0.05) is 60.9 Å². The van der Waals surface area contributed by atoms with Gasteiger partial charge in [-0.05, 0) is 55.9 Å². The Hall–Kier alpha value is -0.850. The van der Waals surface area contributed by atoms with Crippen LogP contribution in [-0.4, -0.2) is 36.5 Å². The average Bonchev–Trinajstić information content (AvgIpc) is 3.48. The maximum Gasteiger partial charge on any atom is 0.331 e. The van der Waals surface area contributed by atoms with E-state index >= 15 is 0 Å². The van der Waals surface area contributed by atoms with Crippen molar-refractivity contribution in [2.24, 2.45) is 11.8 Å². The van der Waals surface area contributed by atoms with Crippen LogP contribution >= 0.6 is 22.9 Å². The molecule has 8 heteroatoms. The van der Waals surface area contributed by atoms with Gasteiger partial charge in [0.25, 0.3) is 0 Å². The molecule has 1 amide bonds. The van der Waals surface area contributed by atoms with Crippen molar-refractivity contribution in [2.75, 3.05) is 19.6 Å². The van der Waals surface area contributed by atoms with E-state index in [-0.39, 0.29) is 36.1 Å². The summed E-state index contributed by atoms with van der Waals surface area (Å²) in [5.41, 5.74) is 2.72. The fourth-order valence-corrected chi connectivity index (χ4v) is 9.34. The third kappa shape index (κ3) is 5.08. The number of hydrogen-bond acceptors (Lipinski definition) is 2. The summed E-state index contributed by atoms with van der Waals surface area (Å²) in [4.78, 5) is 21.6. The molecule has 4 nitrogen and oxygen atoms in total. The number of carbonyl (C=O) groups is 1. The van der Waals surface area contributed by atoms with E-state index in [0.717, 1.165) is 56.2 Å². The highest BCUT2D eigenvalue weighted by Gasteiger charge is 2.57. The van der Waals surface area contributed by atoms with Gasteiger partial charge in [0.05, 0.1) is 23.4 Å². The van der Waals surface area contributed by atoms with Gasteiger partial charge in [0.2, 0.25) is 5.91 Å². The van der Waals surface area contributed by atoms with Gasteiger partial charge in [-0.2, -0.15) is 4.98 Å². The van der Waals surface area contributed by atoms with Crippen molar-refractivity contribution in [2.45, 2.75) is 81.6 Å². The van der Waals surface area contributed by atoms with Crippen LogP contribution in [0.2, 0.25) is 4.47 Å². The molecule has 36 heavy (non-hydrogen) atoms. The normalized spacial score (nSPS) is 30.4. The van der Waals surface area contributed by atoms with Crippen molar-refractivity contribution >= 4 is 28.8 Å². The molecule has 2 aliphatic carbocycles. The number of rotatable bonds is 3. The van der Waals surface area contributed by atoms with E-state index in [4.69, 9.17) is 11.6 Å². The number of thiazole rings is 1.